The van der Waals surface area contributed by atoms with Gasteiger partial charge in [0.2, 0.25) is 0 Å². The van der Waals surface area contributed by atoms with Crippen LogP contribution in [0.4, 0.5) is 0 Å². The van der Waals surface area contributed by atoms with Crippen molar-refractivity contribution in [2.45, 2.75) is 45.5 Å². The Kier molecular flexibility index (Phi) is 4.72. The van der Waals surface area contributed by atoms with E-state index in [1.54, 1.807) is 6.07 Å². The molecule has 1 aliphatic rings. The van der Waals surface area contributed by atoms with E-state index in [1.165, 1.54) is 0 Å². The molecule has 5 heteroatoms. The van der Waals surface area contributed by atoms with E-state index in [-0.39, 0.29) is 0 Å². The standard InChI is InChI=1S/C20H23BO4/c1-19(2)20(3,4)25-21(24-19)17-11-8-12-18(16(17)13-22)23-14-15-9-6-5-7-10-15/h5-13H,14H2,1-4H3. The average Bonchev–Trinajstić information content (AvgIpc) is 2.81. The number of hydrogen-bond acceptors (Lipinski definition) is 4. The molecule has 1 heterocycles. The van der Waals surface area contributed by atoms with Crippen LogP contribution in [-0.2, 0) is 15.9 Å². The van der Waals surface area contributed by atoms with E-state index in [4.69, 9.17) is 14.0 Å². The van der Waals surface area contributed by atoms with Gasteiger partial charge in [-0.15, -0.1) is 0 Å². The molecule has 1 fully saturated rings. The Hall–Kier alpha value is -2.11. The van der Waals surface area contributed by atoms with Crippen molar-refractivity contribution < 1.29 is 18.8 Å². The second-order valence-electron chi connectivity index (χ2n) is 7.24. The Morgan fingerprint density at radius 1 is 0.960 bits per heavy atom. The summed E-state index contributed by atoms with van der Waals surface area (Å²) in [4.78, 5) is 11.7. The molecule has 0 aliphatic carbocycles. The van der Waals surface area contributed by atoms with Crippen molar-refractivity contribution in [2.24, 2.45) is 0 Å². The minimum atomic E-state index is -0.592. The van der Waals surface area contributed by atoms with E-state index < -0.39 is 18.3 Å². The van der Waals surface area contributed by atoms with Crippen molar-refractivity contribution in [3.8, 4) is 5.75 Å². The first-order valence-corrected chi connectivity index (χ1v) is 8.44. The lowest BCUT2D eigenvalue weighted by molar-refractivity contribution is 0.00578. The van der Waals surface area contributed by atoms with Gasteiger partial charge in [-0.1, -0.05) is 42.5 Å². The number of carbonyl (C=O) groups is 1. The lowest BCUT2D eigenvalue weighted by atomic mass is 9.76. The molecule has 130 valence electrons. The predicted molar refractivity (Wildman–Crippen MR) is 98.3 cm³/mol. The molecule has 1 aliphatic heterocycles. The SMILES string of the molecule is CC1(C)OB(c2cccc(OCc3ccccc3)c2C=O)OC1(C)C. The summed E-state index contributed by atoms with van der Waals surface area (Å²) in [6, 6.07) is 15.3. The number of benzene rings is 2. The molecule has 0 atom stereocenters. The molecule has 3 rings (SSSR count). The van der Waals surface area contributed by atoms with Crippen LogP contribution in [-0.4, -0.2) is 24.6 Å². The van der Waals surface area contributed by atoms with Crippen LogP contribution >= 0.6 is 0 Å². The summed E-state index contributed by atoms with van der Waals surface area (Å²) in [5.41, 5.74) is 1.29. The van der Waals surface area contributed by atoms with Gasteiger partial charge in [0.15, 0.2) is 6.29 Å². The van der Waals surface area contributed by atoms with Gasteiger partial charge in [0.1, 0.15) is 12.4 Å². The Balaban J connectivity index is 1.86. The van der Waals surface area contributed by atoms with E-state index in [9.17, 15) is 4.79 Å². The molecule has 1 saturated heterocycles. The molecule has 25 heavy (non-hydrogen) atoms. The van der Waals surface area contributed by atoms with E-state index in [1.807, 2.05) is 70.2 Å². The highest BCUT2D eigenvalue weighted by Crippen LogP contribution is 2.37. The van der Waals surface area contributed by atoms with Crippen molar-refractivity contribution in [3.63, 3.8) is 0 Å². The van der Waals surface area contributed by atoms with Crippen LogP contribution in [0, 0.1) is 0 Å². The first-order chi connectivity index (χ1) is 11.8. The van der Waals surface area contributed by atoms with Crippen LogP contribution in [0.5, 0.6) is 5.75 Å². The highest BCUT2D eigenvalue weighted by Gasteiger charge is 2.52. The maximum atomic E-state index is 11.7. The molecule has 0 saturated carbocycles. The summed E-state index contributed by atoms with van der Waals surface area (Å²) >= 11 is 0. The maximum Gasteiger partial charge on any atom is 0.495 e. The quantitative estimate of drug-likeness (QED) is 0.619. The zero-order chi connectivity index (χ0) is 18.1. The third kappa shape index (κ3) is 3.48. The van der Waals surface area contributed by atoms with Gasteiger partial charge < -0.3 is 14.0 Å². The lowest BCUT2D eigenvalue weighted by Crippen LogP contribution is -2.41. The van der Waals surface area contributed by atoms with Gasteiger partial charge in [0, 0.05) is 0 Å². The fourth-order valence-corrected chi connectivity index (χ4v) is 2.72. The van der Waals surface area contributed by atoms with E-state index >= 15 is 0 Å². The Labute approximate surface area is 149 Å². The van der Waals surface area contributed by atoms with Gasteiger partial charge in [0.05, 0.1) is 16.8 Å². The molecule has 0 amide bonds. The number of carbonyl (C=O) groups excluding carboxylic acids is 1. The van der Waals surface area contributed by atoms with Crippen molar-refractivity contribution in [2.75, 3.05) is 0 Å². The van der Waals surface area contributed by atoms with Gasteiger partial charge in [0.25, 0.3) is 0 Å². The molecule has 0 unspecified atom stereocenters. The van der Waals surface area contributed by atoms with Crippen molar-refractivity contribution in [3.05, 3.63) is 59.7 Å². The number of hydrogen-bond donors (Lipinski definition) is 0. The molecule has 0 N–H and O–H groups in total. The van der Waals surface area contributed by atoms with Crippen LogP contribution in [0.15, 0.2) is 48.5 Å². The summed E-state index contributed by atoms with van der Waals surface area (Å²) in [7, 11) is -0.592. The normalized spacial score (nSPS) is 18.2. The third-order valence-electron chi connectivity index (χ3n) is 4.96. The third-order valence-corrected chi connectivity index (χ3v) is 4.96. The molecule has 0 aromatic heterocycles. The van der Waals surface area contributed by atoms with Crippen LogP contribution in [0.1, 0.15) is 43.6 Å². The Morgan fingerprint density at radius 3 is 2.20 bits per heavy atom. The highest BCUT2D eigenvalue weighted by atomic mass is 16.7. The van der Waals surface area contributed by atoms with Gasteiger partial charge in [-0.3, -0.25) is 4.79 Å². The minimum absolute atomic E-state index is 0.397. The number of ether oxygens (including phenoxy) is 1. The molecule has 2 aromatic rings. The van der Waals surface area contributed by atoms with E-state index in [2.05, 4.69) is 0 Å². The summed E-state index contributed by atoms with van der Waals surface area (Å²) in [5, 5.41) is 0. The summed E-state index contributed by atoms with van der Waals surface area (Å²) in [5.74, 6) is 0.533. The van der Waals surface area contributed by atoms with Crippen LogP contribution < -0.4 is 10.2 Å². The van der Waals surface area contributed by atoms with Crippen molar-refractivity contribution >= 4 is 18.9 Å². The summed E-state index contributed by atoms with van der Waals surface area (Å²) in [6.07, 6.45) is 0.806. The van der Waals surface area contributed by atoms with Crippen LogP contribution in [0.25, 0.3) is 0 Å². The smallest absolute Gasteiger partial charge is 0.488 e. The minimum Gasteiger partial charge on any atom is -0.488 e. The van der Waals surface area contributed by atoms with Crippen molar-refractivity contribution in [1.29, 1.82) is 0 Å². The number of aldehydes is 1. The molecule has 4 nitrogen and oxygen atoms in total. The summed E-state index contributed by atoms with van der Waals surface area (Å²) < 4.78 is 18.0. The Morgan fingerprint density at radius 2 is 1.60 bits per heavy atom. The Bertz CT molecular complexity index is 740. The second-order valence-corrected chi connectivity index (χ2v) is 7.24. The van der Waals surface area contributed by atoms with E-state index in [0.29, 0.717) is 23.4 Å². The van der Waals surface area contributed by atoms with Gasteiger partial charge in [-0.25, -0.2) is 0 Å². The summed E-state index contributed by atoms with van der Waals surface area (Å²) in [6.45, 7) is 8.36. The zero-order valence-electron chi connectivity index (χ0n) is 15.1. The lowest BCUT2D eigenvalue weighted by Gasteiger charge is -2.32. The highest BCUT2D eigenvalue weighted by molar-refractivity contribution is 6.63. The fraction of sp³-hybridized carbons (Fsp3) is 0.350. The van der Waals surface area contributed by atoms with E-state index in [0.717, 1.165) is 11.8 Å². The first-order valence-electron chi connectivity index (χ1n) is 8.44. The monoisotopic (exact) mass is 338 g/mol. The molecular formula is C20H23BO4. The largest absolute Gasteiger partial charge is 0.495 e. The molecule has 2 aromatic carbocycles. The van der Waals surface area contributed by atoms with Gasteiger partial charge in [-0.2, -0.15) is 0 Å². The van der Waals surface area contributed by atoms with Gasteiger partial charge >= 0.3 is 7.12 Å². The first kappa shape index (κ1) is 17.7. The van der Waals surface area contributed by atoms with Gasteiger partial charge in [-0.05, 0) is 44.8 Å². The van der Waals surface area contributed by atoms with Crippen molar-refractivity contribution in [1.82, 2.24) is 0 Å². The fourth-order valence-electron chi connectivity index (χ4n) is 2.72. The molecular weight excluding hydrogens is 315 g/mol. The predicted octanol–water partition coefficient (Wildman–Crippen LogP) is 3.38. The maximum absolute atomic E-state index is 11.7. The average molecular weight is 338 g/mol. The van der Waals surface area contributed by atoms with Crippen LogP contribution in [0.2, 0.25) is 0 Å². The number of rotatable bonds is 5. The molecule has 0 bridgehead atoms. The molecule has 0 spiro atoms. The molecule has 0 radical (unpaired) electrons. The topological polar surface area (TPSA) is 44.8 Å². The zero-order valence-corrected chi connectivity index (χ0v) is 15.1. The second kappa shape index (κ2) is 6.66. The van der Waals surface area contributed by atoms with Crippen LogP contribution in [0.3, 0.4) is 0 Å².